The summed E-state index contributed by atoms with van der Waals surface area (Å²) in [7, 11) is 0. The maximum Gasteiger partial charge on any atom is 0.282 e. The minimum atomic E-state index is -0.800. The van der Waals surface area contributed by atoms with Gasteiger partial charge in [0.1, 0.15) is 12.1 Å². The molecule has 8 heteroatoms. The first kappa shape index (κ1) is 19.6. The summed E-state index contributed by atoms with van der Waals surface area (Å²) in [6, 6.07) is 3.89. The molecular formula is C18H23N3O5. The van der Waals surface area contributed by atoms with Crippen LogP contribution in [0.15, 0.2) is 18.2 Å². The fraction of sp³-hybridized carbons (Fsp3) is 0.500. The highest BCUT2D eigenvalue weighted by Gasteiger charge is 2.41. The molecule has 1 aliphatic heterocycles. The van der Waals surface area contributed by atoms with Gasteiger partial charge in [0.25, 0.3) is 17.5 Å². The molecule has 1 aromatic rings. The van der Waals surface area contributed by atoms with E-state index in [4.69, 9.17) is 0 Å². The maximum atomic E-state index is 12.4. The standard InChI is InChI=1S/C18H23N3O5/c1-3-5-7-12(4-2)10-19-15(22)11-20-17(23)13-8-6-9-14(21(25)26)16(13)18(20)24/h6,8-9,12H,3-5,7,10-11H2,1-2H3,(H,19,22)/t12-/m1/s1. The van der Waals surface area contributed by atoms with Crippen molar-refractivity contribution in [1.29, 1.82) is 0 Å². The lowest BCUT2D eigenvalue weighted by Gasteiger charge is -2.17. The number of imide groups is 1. The third kappa shape index (κ3) is 4.07. The van der Waals surface area contributed by atoms with Gasteiger partial charge < -0.3 is 5.32 Å². The lowest BCUT2D eigenvalue weighted by molar-refractivity contribution is -0.385. The van der Waals surface area contributed by atoms with E-state index in [1.54, 1.807) is 0 Å². The molecule has 0 radical (unpaired) electrons. The van der Waals surface area contributed by atoms with Gasteiger partial charge in [-0.1, -0.05) is 39.2 Å². The number of fused-ring (bicyclic) bond motifs is 1. The number of carbonyl (C=O) groups is 3. The van der Waals surface area contributed by atoms with Gasteiger partial charge in [0.05, 0.1) is 10.5 Å². The zero-order valence-corrected chi connectivity index (χ0v) is 15.0. The van der Waals surface area contributed by atoms with E-state index in [1.165, 1.54) is 18.2 Å². The fourth-order valence-electron chi connectivity index (χ4n) is 3.01. The van der Waals surface area contributed by atoms with Crippen molar-refractivity contribution in [2.75, 3.05) is 13.1 Å². The van der Waals surface area contributed by atoms with Crippen molar-refractivity contribution < 1.29 is 19.3 Å². The number of rotatable bonds is 9. The number of benzene rings is 1. The Morgan fingerprint density at radius 2 is 2.00 bits per heavy atom. The molecule has 26 heavy (non-hydrogen) atoms. The maximum absolute atomic E-state index is 12.4. The number of amides is 3. The van der Waals surface area contributed by atoms with E-state index in [0.29, 0.717) is 12.5 Å². The summed E-state index contributed by atoms with van der Waals surface area (Å²) in [5, 5.41) is 13.8. The van der Waals surface area contributed by atoms with Crippen LogP contribution in [-0.4, -0.2) is 40.6 Å². The number of hydrogen-bond donors (Lipinski definition) is 1. The van der Waals surface area contributed by atoms with E-state index in [0.717, 1.165) is 30.6 Å². The first-order chi connectivity index (χ1) is 12.4. The molecule has 1 heterocycles. The molecule has 0 unspecified atom stereocenters. The topological polar surface area (TPSA) is 110 Å². The Morgan fingerprint density at radius 1 is 1.27 bits per heavy atom. The van der Waals surface area contributed by atoms with Gasteiger partial charge in [0.2, 0.25) is 5.91 Å². The van der Waals surface area contributed by atoms with Crippen LogP contribution in [0.1, 0.15) is 60.2 Å². The average molecular weight is 361 g/mol. The molecule has 140 valence electrons. The SMILES string of the molecule is CCCC[C@@H](CC)CNC(=O)CN1C(=O)c2cccc([N+](=O)[O-])c2C1=O. The van der Waals surface area contributed by atoms with Gasteiger partial charge in [-0.15, -0.1) is 0 Å². The van der Waals surface area contributed by atoms with Gasteiger partial charge in [-0.25, -0.2) is 0 Å². The number of nitrogens with one attached hydrogen (secondary N) is 1. The molecular weight excluding hydrogens is 338 g/mol. The van der Waals surface area contributed by atoms with Crippen molar-refractivity contribution in [2.24, 2.45) is 5.92 Å². The minimum Gasteiger partial charge on any atom is -0.354 e. The van der Waals surface area contributed by atoms with Crippen molar-refractivity contribution in [2.45, 2.75) is 39.5 Å². The molecule has 0 spiro atoms. The summed E-state index contributed by atoms with van der Waals surface area (Å²) in [5.41, 5.74) is -0.703. The Hall–Kier alpha value is -2.77. The summed E-state index contributed by atoms with van der Waals surface area (Å²) in [6.07, 6.45) is 4.10. The van der Waals surface area contributed by atoms with Gasteiger partial charge in [-0.05, 0) is 18.4 Å². The number of nitro benzene ring substituents is 1. The van der Waals surface area contributed by atoms with Gasteiger partial charge in [-0.2, -0.15) is 0 Å². The molecule has 0 aliphatic carbocycles. The highest BCUT2D eigenvalue weighted by atomic mass is 16.6. The summed E-state index contributed by atoms with van der Waals surface area (Å²) < 4.78 is 0. The second kappa shape index (κ2) is 8.55. The van der Waals surface area contributed by atoms with Crippen LogP contribution < -0.4 is 5.32 Å². The zero-order valence-electron chi connectivity index (χ0n) is 15.0. The van der Waals surface area contributed by atoms with Gasteiger partial charge in [-0.3, -0.25) is 29.4 Å². The molecule has 0 saturated carbocycles. The third-order valence-corrected chi connectivity index (χ3v) is 4.61. The van der Waals surface area contributed by atoms with Crippen LogP contribution in [-0.2, 0) is 4.79 Å². The molecule has 8 nitrogen and oxygen atoms in total. The monoisotopic (exact) mass is 361 g/mol. The normalized spacial score (nSPS) is 14.3. The molecule has 1 aliphatic rings. The quantitative estimate of drug-likeness (QED) is 0.413. The van der Waals surface area contributed by atoms with E-state index in [1.807, 2.05) is 0 Å². The predicted molar refractivity (Wildman–Crippen MR) is 94.8 cm³/mol. The molecule has 0 bridgehead atoms. The second-order valence-corrected chi connectivity index (χ2v) is 6.37. The fourth-order valence-corrected chi connectivity index (χ4v) is 3.01. The Labute approximate surface area is 151 Å². The van der Waals surface area contributed by atoms with Crippen LogP contribution in [0.4, 0.5) is 5.69 Å². The van der Waals surface area contributed by atoms with Crippen LogP contribution in [0.25, 0.3) is 0 Å². The third-order valence-electron chi connectivity index (χ3n) is 4.61. The molecule has 0 aromatic heterocycles. The smallest absolute Gasteiger partial charge is 0.282 e. The van der Waals surface area contributed by atoms with Crippen LogP contribution in [0.2, 0.25) is 0 Å². The van der Waals surface area contributed by atoms with Gasteiger partial charge in [0.15, 0.2) is 0 Å². The average Bonchev–Trinajstić information content (AvgIpc) is 2.86. The molecule has 0 fully saturated rings. The first-order valence-electron chi connectivity index (χ1n) is 8.80. The Morgan fingerprint density at radius 3 is 2.62 bits per heavy atom. The summed E-state index contributed by atoms with van der Waals surface area (Å²) in [6.45, 7) is 4.20. The van der Waals surface area contributed by atoms with Crippen LogP contribution in [0, 0.1) is 16.0 Å². The van der Waals surface area contributed by atoms with Crippen molar-refractivity contribution >= 4 is 23.4 Å². The molecule has 1 aromatic carbocycles. The summed E-state index contributed by atoms with van der Waals surface area (Å²) in [4.78, 5) is 48.1. The molecule has 3 amide bonds. The predicted octanol–water partition coefficient (Wildman–Crippen LogP) is 2.52. The number of nitrogens with zero attached hydrogens (tertiary/aromatic N) is 2. The lowest BCUT2D eigenvalue weighted by Crippen LogP contribution is -2.41. The zero-order chi connectivity index (χ0) is 19.3. The van der Waals surface area contributed by atoms with E-state index in [-0.39, 0.29) is 11.1 Å². The van der Waals surface area contributed by atoms with Gasteiger partial charge >= 0.3 is 0 Å². The highest BCUT2D eigenvalue weighted by Crippen LogP contribution is 2.30. The number of unbranched alkanes of at least 4 members (excludes halogenated alkanes) is 1. The van der Waals surface area contributed by atoms with Gasteiger partial charge in [0, 0.05) is 12.6 Å². The van der Waals surface area contributed by atoms with E-state index < -0.39 is 34.9 Å². The van der Waals surface area contributed by atoms with Crippen LogP contribution in [0.3, 0.4) is 0 Å². The highest BCUT2D eigenvalue weighted by molar-refractivity contribution is 6.24. The number of carbonyl (C=O) groups excluding carboxylic acids is 3. The molecule has 1 atom stereocenters. The van der Waals surface area contributed by atoms with Crippen molar-refractivity contribution in [3.8, 4) is 0 Å². The lowest BCUT2D eigenvalue weighted by atomic mass is 9.99. The Bertz CT molecular complexity index is 732. The van der Waals surface area contributed by atoms with Crippen molar-refractivity contribution in [3.05, 3.63) is 39.4 Å². The largest absolute Gasteiger partial charge is 0.354 e. The molecule has 1 N–H and O–H groups in total. The number of nitro groups is 1. The second-order valence-electron chi connectivity index (χ2n) is 6.37. The Balaban J connectivity index is 2.03. The van der Waals surface area contributed by atoms with Crippen LogP contribution >= 0.6 is 0 Å². The van der Waals surface area contributed by atoms with Crippen LogP contribution in [0.5, 0.6) is 0 Å². The van der Waals surface area contributed by atoms with Crippen molar-refractivity contribution in [1.82, 2.24) is 10.2 Å². The van der Waals surface area contributed by atoms with E-state index in [9.17, 15) is 24.5 Å². The molecule has 2 rings (SSSR count). The molecule has 0 saturated heterocycles. The first-order valence-corrected chi connectivity index (χ1v) is 8.80. The summed E-state index contributed by atoms with van der Waals surface area (Å²) in [5.74, 6) is -1.58. The van der Waals surface area contributed by atoms with E-state index >= 15 is 0 Å². The Kier molecular flexibility index (Phi) is 6.43. The minimum absolute atomic E-state index is 0.0358. The van der Waals surface area contributed by atoms with Crippen molar-refractivity contribution in [3.63, 3.8) is 0 Å². The number of hydrogen-bond acceptors (Lipinski definition) is 5. The van der Waals surface area contributed by atoms with E-state index in [2.05, 4.69) is 19.2 Å². The summed E-state index contributed by atoms with van der Waals surface area (Å²) >= 11 is 0.